The van der Waals surface area contributed by atoms with Crippen molar-refractivity contribution in [3.05, 3.63) is 58.9 Å². The molecule has 7 heteroatoms. The zero-order chi connectivity index (χ0) is 18.8. The van der Waals surface area contributed by atoms with E-state index in [1.807, 2.05) is 30.3 Å². The van der Waals surface area contributed by atoms with Gasteiger partial charge in [0.25, 0.3) is 0 Å². The van der Waals surface area contributed by atoms with Gasteiger partial charge < -0.3 is 15.5 Å². The number of halogens is 2. The van der Waals surface area contributed by atoms with Crippen LogP contribution in [0.15, 0.2) is 36.4 Å². The first kappa shape index (κ1) is 20.3. The Kier molecular flexibility index (Phi) is 6.31. The van der Waals surface area contributed by atoms with Crippen LogP contribution in [-0.4, -0.2) is 24.9 Å². The smallest absolute Gasteiger partial charge is 0.244 e. The highest BCUT2D eigenvalue weighted by molar-refractivity contribution is 6.03. The topological polar surface area (TPSA) is 61.4 Å². The van der Waals surface area contributed by atoms with Crippen LogP contribution in [0.4, 0.5) is 15.8 Å². The van der Waals surface area contributed by atoms with Gasteiger partial charge in [-0.2, -0.15) is 0 Å². The fourth-order valence-electron chi connectivity index (χ4n) is 3.82. The highest BCUT2D eigenvalue weighted by atomic mass is 35.5. The van der Waals surface area contributed by atoms with E-state index >= 15 is 0 Å². The van der Waals surface area contributed by atoms with Gasteiger partial charge in [-0.1, -0.05) is 24.3 Å². The minimum atomic E-state index is -0.396. The minimum absolute atomic E-state index is 0. The molecule has 0 radical (unpaired) electrons. The number of para-hydroxylation sites is 1. The summed E-state index contributed by atoms with van der Waals surface area (Å²) >= 11 is 0. The van der Waals surface area contributed by atoms with E-state index in [-0.39, 0.29) is 36.4 Å². The summed E-state index contributed by atoms with van der Waals surface area (Å²) in [4.78, 5) is 26.6. The van der Waals surface area contributed by atoms with Crippen molar-refractivity contribution < 1.29 is 14.0 Å². The molecule has 0 saturated heterocycles. The Hall–Kier alpha value is -2.44. The predicted molar refractivity (Wildman–Crippen MR) is 109 cm³/mol. The maximum absolute atomic E-state index is 14.8. The van der Waals surface area contributed by atoms with Crippen molar-refractivity contribution in [2.24, 2.45) is 0 Å². The maximum Gasteiger partial charge on any atom is 0.244 e. The van der Waals surface area contributed by atoms with Gasteiger partial charge in [0.15, 0.2) is 0 Å². The largest absolute Gasteiger partial charge is 0.322 e. The number of hydrogen-bond acceptors (Lipinski definition) is 3. The Balaban J connectivity index is 0.00000225. The summed E-state index contributed by atoms with van der Waals surface area (Å²) in [5.41, 5.74) is 3.59. The summed E-state index contributed by atoms with van der Waals surface area (Å²) in [6.45, 7) is 1.24. The average molecular weight is 404 g/mol. The van der Waals surface area contributed by atoms with Gasteiger partial charge in [-0.05, 0) is 54.6 Å². The first-order chi connectivity index (χ1) is 13.1. The van der Waals surface area contributed by atoms with Crippen molar-refractivity contribution in [1.82, 2.24) is 5.32 Å². The zero-order valence-corrected chi connectivity index (χ0v) is 16.3. The number of nitrogens with one attached hydrogen (secondary N) is 2. The van der Waals surface area contributed by atoms with E-state index in [9.17, 15) is 14.0 Å². The SMILES string of the molecule is Cl.O=C(CN1C(=O)CCCc2ccccc21)Nc1ccc2c(c1F)CCNC2. The van der Waals surface area contributed by atoms with Crippen LogP contribution in [0.3, 0.4) is 0 Å². The van der Waals surface area contributed by atoms with E-state index < -0.39 is 5.91 Å². The fraction of sp³-hybridized carbons (Fsp3) is 0.333. The molecule has 0 bridgehead atoms. The van der Waals surface area contributed by atoms with Gasteiger partial charge in [0.2, 0.25) is 11.8 Å². The molecule has 0 fully saturated rings. The highest BCUT2D eigenvalue weighted by Gasteiger charge is 2.25. The normalized spacial score (nSPS) is 15.8. The number of aryl methyl sites for hydroxylation is 1. The second-order valence-corrected chi connectivity index (χ2v) is 7.00. The van der Waals surface area contributed by atoms with E-state index in [4.69, 9.17) is 0 Å². The van der Waals surface area contributed by atoms with Crippen molar-refractivity contribution in [3.63, 3.8) is 0 Å². The first-order valence-corrected chi connectivity index (χ1v) is 9.32. The molecule has 0 atom stereocenters. The van der Waals surface area contributed by atoms with Gasteiger partial charge in [-0.25, -0.2) is 4.39 Å². The van der Waals surface area contributed by atoms with E-state index in [0.717, 1.165) is 36.2 Å². The molecule has 28 heavy (non-hydrogen) atoms. The Morgan fingerprint density at radius 1 is 1.11 bits per heavy atom. The number of fused-ring (bicyclic) bond motifs is 2. The van der Waals surface area contributed by atoms with Gasteiger partial charge in [-0.3, -0.25) is 9.59 Å². The highest BCUT2D eigenvalue weighted by Crippen LogP contribution is 2.27. The molecule has 148 valence electrons. The summed E-state index contributed by atoms with van der Waals surface area (Å²) in [5, 5.41) is 5.86. The van der Waals surface area contributed by atoms with Crippen molar-refractivity contribution >= 4 is 35.6 Å². The number of rotatable bonds is 3. The molecule has 2 aromatic rings. The van der Waals surface area contributed by atoms with E-state index in [1.54, 1.807) is 6.07 Å². The molecule has 2 aromatic carbocycles. The number of nitrogens with zero attached hydrogens (tertiary/aromatic N) is 1. The molecule has 0 aromatic heterocycles. The molecular formula is C21H23ClFN3O2. The summed E-state index contributed by atoms with van der Waals surface area (Å²) in [6.07, 6.45) is 2.58. The first-order valence-electron chi connectivity index (χ1n) is 9.32. The summed E-state index contributed by atoms with van der Waals surface area (Å²) in [5.74, 6) is -0.843. The third-order valence-electron chi connectivity index (χ3n) is 5.20. The molecule has 2 N–H and O–H groups in total. The summed E-state index contributed by atoms with van der Waals surface area (Å²) < 4.78 is 14.8. The van der Waals surface area contributed by atoms with Gasteiger partial charge in [-0.15, -0.1) is 12.4 Å². The van der Waals surface area contributed by atoms with Gasteiger partial charge >= 0.3 is 0 Å². The predicted octanol–water partition coefficient (Wildman–Crippen LogP) is 3.20. The fourth-order valence-corrected chi connectivity index (χ4v) is 3.82. The molecular weight excluding hydrogens is 381 g/mol. The minimum Gasteiger partial charge on any atom is -0.322 e. The number of hydrogen-bond donors (Lipinski definition) is 2. The third kappa shape index (κ3) is 4.03. The number of carbonyl (C=O) groups excluding carboxylic acids is 2. The van der Waals surface area contributed by atoms with Crippen molar-refractivity contribution in [2.45, 2.75) is 32.2 Å². The van der Waals surface area contributed by atoms with Crippen LogP contribution in [0, 0.1) is 5.82 Å². The lowest BCUT2D eigenvalue weighted by atomic mass is 9.99. The number of anilines is 2. The summed E-state index contributed by atoms with van der Waals surface area (Å²) in [6, 6.07) is 11.1. The van der Waals surface area contributed by atoms with Gasteiger partial charge in [0.05, 0.1) is 5.69 Å². The molecule has 4 rings (SSSR count). The van der Waals surface area contributed by atoms with Crippen LogP contribution in [-0.2, 0) is 29.0 Å². The number of benzene rings is 2. The molecule has 2 aliphatic heterocycles. The Labute approximate surface area is 169 Å². The zero-order valence-electron chi connectivity index (χ0n) is 15.5. The average Bonchev–Trinajstić information content (AvgIpc) is 2.83. The van der Waals surface area contributed by atoms with Crippen molar-refractivity contribution in [1.29, 1.82) is 0 Å². The van der Waals surface area contributed by atoms with Gasteiger partial charge in [0.1, 0.15) is 12.4 Å². The molecule has 2 amide bonds. The summed E-state index contributed by atoms with van der Waals surface area (Å²) in [7, 11) is 0. The molecule has 0 spiro atoms. The van der Waals surface area contributed by atoms with Crippen molar-refractivity contribution in [3.8, 4) is 0 Å². The third-order valence-corrected chi connectivity index (χ3v) is 5.20. The van der Waals surface area contributed by atoms with E-state index in [2.05, 4.69) is 10.6 Å². The molecule has 5 nitrogen and oxygen atoms in total. The van der Waals surface area contributed by atoms with Crippen LogP contribution in [0.5, 0.6) is 0 Å². The molecule has 2 aliphatic rings. The monoisotopic (exact) mass is 403 g/mol. The van der Waals surface area contributed by atoms with E-state index in [1.165, 1.54) is 4.90 Å². The Morgan fingerprint density at radius 3 is 2.79 bits per heavy atom. The molecule has 0 aliphatic carbocycles. The lowest BCUT2D eigenvalue weighted by molar-refractivity contribution is -0.121. The molecule has 0 unspecified atom stereocenters. The number of amides is 2. The van der Waals surface area contributed by atoms with Gasteiger partial charge in [0, 0.05) is 18.7 Å². The Bertz CT molecular complexity index is 903. The van der Waals surface area contributed by atoms with Crippen LogP contribution < -0.4 is 15.5 Å². The standard InChI is InChI=1S/C21H22FN3O2.ClH/c22-21-16-10-11-23-12-15(16)8-9-17(21)24-19(26)13-25-18-6-2-1-4-14(18)5-3-7-20(25)27;/h1-2,4,6,8-9,23H,3,5,7,10-13H2,(H,24,26);1H. The maximum atomic E-state index is 14.8. The van der Waals surface area contributed by atoms with Crippen LogP contribution >= 0.6 is 12.4 Å². The van der Waals surface area contributed by atoms with Crippen LogP contribution in [0.25, 0.3) is 0 Å². The molecule has 0 saturated carbocycles. The second-order valence-electron chi connectivity index (χ2n) is 7.00. The molecule has 2 heterocycles. The van der Waals surface area contributed by atoms with Crippen LogP contribution in [0.2, 0.25) is 0 Å². The van der Waals surface area contributed by atoms with E-state index in [0.29, 0.717) is 24.9 Å². The quantitative estimate of drug-likeness (QED) is 0.827. The lowest BCUT2D eigenvalue weighted by Crippen LogP contribution is -2.38. The number of carbonyl (C=O) groups is 2. The Morgan fingerprint density at radius 2 is 1.93 bits per heavy atom. The lowest BCUT2D eigenvalue weighted by Gasteiger charge is -2.23. The van der Waals surface area contributed by atoms with Crippen molar-refractivity contribution in [2.75, 3.05) is 23.3 Å². The second kappa shape index (κ2) is 8.71. The van der Waals surface area contributed by atoms with Crippen LogP contribution in [0.1, 0.15) is 29.5 Å².